The molecule has 0 unspecified atom stereocenters. The van der Waals surface area contributed by atoms with Crippen LogP contribution in [-0.4, -0.2) is 53.5 Å². The summed E-state index contributed by atoms with van der Waals surface area (Å²) in [6, 6.07) is 17.2. The highest BCUT2D eigenvalue weighted by Gasteiger charge is 2.15. The van der Waals surface area contributed by atoms with Crippen molar-refractivity contribution in [2.75, 3.05) is 24.7 Å². The van der Waals surface area contributed by atoms with Crippen molar-refractivity contribution in [1.29, 1.82) is 0 Å². The molecule has 0 atom stereocenters. The van der Waals surface area contributed by atoms with Crippen LogP contribution in [0.2, 0.25) is 0 Å². The number of carbonyl (C=O) groups is 1. The van der Waals surface area contributed by atoms with Crippen LogP contribution < -0.4 is 14.8 Å². The fourth-order valence-electron chi connectivity index (χ4n) is 3.16. The Morgan fingerprint density at radius 1 is 1.03 bits per heavy atom. The van der Waals surface area contributed by atoms with Crippen LogP contribution in [0.4, 0.5) is 5.69 Å². The Labute approximate surface area is 207 Å². The summed E-state index contributed by atoms with van der Waals surface area (Å²) in [5, 5.41) is 16.2. The van der Waals surface area contributed by atoms with Gasteiger partial charge in [0.1, 0.15) is 10.8 Å². The molecule has 0 aliphatic heterocycles. The van der Waals surface area contributed by atoms with Crippen molar-refractivity contribution in [2.24, 2.45) is 0 Å². The van der Waals surface area contributed by atoms with Crippen molar-refractivity contribution in [3.05, 3.63) is 72.1 Å². The molecule has 2 aromatic carbocycles. The van der Waals surface area contributed by atoms with Crippen LogP contribution in [0.3, 0.4) is 0 Å². The smallest absolute Gasteiger partial charge is 0.240 e. The van der Waals surface area contributed by atoms with E-state index in [9.17, 15) is 13.2 Å². The Bertz CT molecular complexity index is 1420. The Morgan fingerprint density at radius 2 is 1.77 bits per heavy atom. The molecule has 182 valence electrons. The average Bonchev–Trinajstić information content (AvgIpc) is 3.26. The fraction of sp³-hybridized carbons (Fsp3) is 0.217. The molecule has 0 fully saturated rings. The maximum atomic E-state index is 12.5. The van der Waals surface area contributed by atoms with Gasteiger partial charge in [-0.15, -0.1) is 10.2 Å². The van der Waals surface area contributed by atoms with E-state index in [4.69, 9.17) is 4.74 Å². The molecule has 0 radical (unpaired) electrons. The van der Waals surface area contributed by atoms with E-state index in [1.165, 1.54) is 31.0 Å². The van der Waals surface area contributed by atoms with Crippen LogP contribution in [0, 0.1) is 6.92 Å². The van der Waals surface area contributed by atoms with E-state index in [1.54, 1.807) is 28.8 Å². The van der Waals surface area contributed by atoms with E-state index in [2.05, 4.69) is 25.3 Å². The van der Waals surface area contributed by atoms with Gasteiger partial charge in [0, 0.05) is 18.7 Å². The molecule has 12 heteroatoms. The standard InChI is InChI=1S/C23H24N6O4S2/c1-16-3-5-17(6-4-16)25-22(30)15-34-23-12-11-20-26-27-21(29(20)28-23)13-14-24-35(31,32)19-9-7-18(33-2)8-10-19/h3-12,24H,13-15H2,1-2H3,(H,25,30). The van der Waals surface area contributed by atoms with Crippen molar-refractivity contribution in [3.8, 4) is 5.75 Å². The highest BCUT2D eigenvalue weighted by atomic mass is 32.2. The van der Waals surface area contributed by atoms with Gasteiger partial charge < -0.3 is 10.1 Å². The van der Waals surface area contributed by atoms with Gasteiger partial charge in [-0.05, 0) is 55.5 Å². The molecule has 0 saturated heterocycles. The number of aromatic nitrogens is 4. The van der Waals surface area contributed by atoms with Crippen LogP contribution in [0.25, 0.3) is 5.65 Å². The maximum absolute atomic E-state index is 12.5. The predicted molar refractivity (Wildman–Crippen MR) is 133 cm³/mol. The van der Waals surface area contributed by atoms with Crippen molar-refractivity contribution in [2.45, 2.75) is 23.3 Å². The van der Waals surface area contributed by atoms with Crippen molar-refractivity contribution in [1.82, 2.24) is 24.5 Å². The summed E-state index contributed by atoms with van der Waals surface area (Å²) < 4.78 is 34.2. The van der Waals surface area contributed by atoms with E-state index < -0.39 is 10.0 Å². The summed E-state index contributed by atoms with van der Waals surface area (Å²) in [6.45, 7) is 2.10. The maximum Gasteiger partial charge on any atom is 0.240 e. The first kappa shape index (κ1) is 24.6. The molecule has 35 heavy (non-hydrogen) atoms. The lowest BCUT2D eigenvalue weighted by Gasteiger charge is -2.07. The van der Waals surface area contributed by atoms with Crippen molar-refractivity contribution >= 4 is 39.0 Å². The molecule has 2 aromatic heterocycles. The number of methoxy groups -OCH3 is 1. The molecule has 2 heterocycles. The SMILES string of the molecule is COc1ccc(S(=O)(=O)NCCc2nnc3ccc(SCC(=O)Nc4ccc(C)cc4)nn23)cc1. The van der Waals surface area contributed by atoms with Crippen LogP contribution >= 0.6 is 11.8 Å². The van der Waals surface area contributed by atoms with E-state index >= 15 is 0 Å². The third-order valence-electron chi connectivity index (χ3n) is 5.00. The lowest BCUT2D eigenvalue weighted by Crippen LogP contribution is -2.26. The second-order valence-electron chi connectivity index (χ2n) is 7.58. The lowest BCUT2D eigenvalue weighted by molar-refractivity contribution is -0.113. The van der Waals surface area contributed by atoms with Crippen LogP contribution in [-0.2, 0) is 21.2 Å². The van der Waals surface area contributed by atoms with Gasteiger partial charge in [0.15, 0.2) is 11.5 Å². The van der Waals surface area contributed by atoms with Gasteiger partial charge in [-0.3, -0.25) is 4.79 Å². The number of nitrogens with zero attached hydrogens (tertiary/aromatic N) is 4. The molecule has 2 N–H and O–H groups in total. The summed E-state index contributed by atoms with van der Waals surface area (Å²) >= 11 is 1.28. The number of aryl methyl sites for hydroxylation is 1. The van der Waals surface area contributed by atoms with Crippen molar-refractivity contribution in [3.63, 3.8) is 0 Å². The fourth-order valence-corrected chi connectivity index (χ4v) is 4.84. The number of hydrogen-bond donors (Lipinski definition) is 2. The predicted octanol–water partition coefficient (Wildman–Crippen LogP) is 2.69. The molecule has 0 bridgehead atoms. The van der Waals surface area contributed by atoms with E-state index in [1.807, 2.05) is 31.2 Å². The Hall–Kier alpha value is -3.48. The molecular weight excluding hydrogens is 488 g/mol. The minimum Gasteiger partial charge on any atom is -0.497 e. The van der Waals surface area contributed by atoms with Gasteiger partial charge in [-0.25, -0.2) is 13.1 Å². The number of sulfonamides is 1. The van der Waals surface area contributed by atoms with Gasteiger partial charge >= 0.3 is 0 Å². The second-order valence-corrected chi connectivity index (χ2v) is 10.3. The normalized spacial score (nSPS) is 11.5. The summed E-state index contributed by atoms with van der Waals surface area (Å²) in [4.78, 5) is 12.4. The number of carbonyl (C=O) groups excluding carboxylic acids is 1. The Balaban J connectivity index is 1.35. The zero-order valence-corrected chi connectivity index (χ0v) is 20.8. The average molecular weight is 513 g/mol. The minimum atomic E-state index is -3.68. The Kier molecular flexibility index (Phi) is 7.63. The molecule has 0 saturated carbocycles. The first-order chi connectivity index (χ1) is 16.8. The monoisotopic (exact) mass is 512 g/mol. The highest BCUT2D eigenvalue weighted by Crippen LogP contribution is 2.18. The molecule has 0 aliphatic rings. The molecule has 10 nitrogen and oxygen atoms in total. The second kappa shape index (κ2) is 10.8. The van der Waals surface area contributed by atoms with Gasteiger partial charge in [0.2, 0.25) is 15.9 Å². The number of thioether (sulfide) groups is 1. The number of anilines is 1. The summed E-state index contributed by atoms with van der Waals surface area (Å²) in [5.41, 5.74) is 2.39. The van der Waals surface area contributed by atoms with E-state index in [0.29, 0.717) is 22.2 Å². The molecular formula is C23H24N6O4S2. The molecule has 4 aromatic rings. The van der Waals surface area contributed by atoms with E-state index in [0.717, 1.165) is 11.3 Å². The van der Waals surface area contributed by atoms with Crippen LogP contribution in [0.15, 0.2) is 70.6 Å². The number of rotatable bonds is 10. The number of benzene rings is 2. The zero-order chi connectivity index (χ0) is 24.8. The first-order valence-electron chi connectivity index (χ1n) is 10.7. The zero-order valence-electron chi connectivity index (χ0n) is 19.1. The van der Waals surface area contributed by atoms with Gasteiger partial charge in [-0.2, -0.15) is 9.61 Å². The van der Waals surface area contributed by atoms with Gasteiger partial charge in [-0.1, -0.05) is 29.5 Å². The van der Waals surface area contributed by atoms with E-state index in [-0.39, 0.29) is 29.5 Å². The Morgan fingerprint density at radius 3 is 2.49 bits per heavy atom. The number of amides is 1. The molecule has 4 rings (SSSR count). The topological polar surface area (TPSA) is 128 Å². The van der Waals surface area contributed by atoms with Crippen LogP contribution in [0.1, 0.15) is 11.4 Å². The number of nitrogens with one attached hydrogen (secondary N) is 2. The van der Waals surface area contributed by atoms with Crippen LogP contribution in [0.5, 0.6) is 5.75 Å². The molecule has 0 aliphatic carbocycles. The van der Waals surface area contributed by atoms with Crippen molar-refractivity contribution < 1.29 is 17.9 Å². The minimum absolute atomic E-state index is 0.118. The third kappa shape index (κ3) is 6.35. The molecule has 1 amide bonds. The van der Waals surface area contributed by atoms with Gasteiger partial charge in [0.25, 0.3) is 0 Å². The number of ether oxygens (including phenoxy) is 1. The summed E-state index contributed by atoms with van der Waals surface area (Å²) in [6.07, 6.45) is 0.283. The first-order valence-corrected chi connectivity index (χ1v) is 13.2. The lowest BCUT2D eigenvalue weighted by atomic mass is 10.2. The number of fused-ring (bicyclic) bond motifs is 1. The third-order valence-corrected chi connectivity index (χ3v) is 7.40. The summed E-state index contributed by atoms with van der Waals surface area (Å²) in [7, 11) is -2.16. The molecule has 0 spiro atoms. The largest absolute Gasteiger partial charge is 0.497 e. The van der Waals surface area contributed by atoms with Gasteiger partial charge in [0.05, 0.1) is 17.8 Å². The number of hydrogen-bond acceptors (Lipinski definition) is 8. The summed E-state index contributed by atoms with van der Waals surface area (Å²) in [5.74, 6) is 1.12. The quantitative estimate of drug-likeness (QED) is 0.311. The highest BCUT2D eigenvalue weighted by molar-refractivity contribution is 7.99.